The zero-order valence-corrected chi connectivity index (χ0v) is 8.08. The highest BCUT2D eigenvalue weighted by Crippen LogP contribution is 1.94. The third-order valence-corrected chi connectivity index (χ3v) is 1.69. The SMILES string of the molecule is CCCN=C(NN)c1ccc(=O)[nH]c1. The van der Waals surface area contributed by atoms with Crippen LogP contribution in [0, 0.1) is 0 Å². The second-order valence-corrected chi connectivity index (χ2v) is 2.82. The Balaban J connectivity index is 2.89. The Morgan fingerprint density at radius 1 is 1.64 bits per heavy atom. The van der Waals surface area contributed by atoms with Gasteiger partial charge in [0.25, 0.3) is 0 Å². The molecule has 5 heteroatoms. The van der Waals surface area contributed by atoms with E-state index in [2.05, 4.69) is 15.4 Å². The van der Waals surface area contributed by atoms with Crippen molar-refractivity contribution in [2.75, 3.05) is 6.54 Å². The number of H-pyrrole nitrogens is 1. The number of amidine groups is 1. The Kier molecular flexibility index (Phi) is 3.87. The number of nitrogens with one attached hydrogen (secondary N) is 2. The maximum absolute atomic E-state index is 10.8. The highest BCUT2D eigenvalue weighted by atomic mass is 16.1. The number of aromatic amines is 1. The van der Waals surface area contributed by atoms with Crippen LogP contribution in [0.2, 0.25) is 0 Å². The number of hydrazine groups is 1. The number of hydrogen-bond acceptors (Lipinski definition) is 3. The molecule has 5 nitrogen and oxygen atoms in total. The van der Waals surface area contributed by atoms with Gasteiger partial charge in [-0.15, -0.1) is 0 Å². The standard InChI is InChI=1S/C9H14N4O/c1-2-5-11-9(13-10)7-3-4-8(14)12-6-7/h3-4,6H,2,5,10H2,1H3,(H,11,13)(H,12,14). The van der Waals surface area contributed by atoms with E-state index in [1.54, 1.807) is 12.3 Å². The molecule has 0 aromatic carbocycles. The van der Waals surface area contributed by atoms with E-state index in [4.69, 9.17) is 5.84 Å². The van der Waals surface area contributed by atoms with Crippen molar-refractivity contribution < 1.29 is 0 Å². The summed E-state index contributed by atoms with van der Waals surface area (Å²) in [6.45, 7) is 2.74. The van der Waals surface area contributed by atoms with Crippen LogP contribution >= 0.6 is 0 Å². The fraction of sp³-hybridized carbons (Fsp3) is 0.333. The van der Waals surface area contributed by atoms with Crippen LogP contribution < -0.4 is 16.8 Å². The minimum absolute atomic E-state index is 0.138. The lowest BCUT2D eigenvalue weighted by Crippen LogP contribution is -2.31. The molecule has 0 atom stereocenters. The molecule has 0 amide bonds. The first kappa shape index (κ1) is 10.5. The molecule has 1 heterocycles. The number of rotatable bonds is 3. The molecule has 0 aliphatic carbocycles. The van der Waals surface area contributed by atoms with Gasteiger partial charge in [-0.3, -0.25) is 9.79 Å². The Bertz CT molecular complexity index is 349. The van der Waals surface area contributed by atoms with E-state index in [0.29, 0.717) is 12.4 Å². The first-order chi connectivity index (χ1) is 6.77. The summed E-state index contributed by atoms with van der Waals surface area (Å²) < 4.78 is 0. The van der Waals surface area contributed by atoms with Crippen LogP contribution in [0.1, 0.15) is 18.9 Å². The van der Waals surface area contributed by atoms with E-state index >= 15 is 0 Å². The largest absolute Gasteiger partial charge is 0.328 e. The van der Waals surface area contributed by atoms with Crippen molar-refractivity contribution in [3.8, 4) is 0 Å². The van der Waals surface area contributed by atoms with Gasteiger partial charge in [-0.1, -0.05) is 6.92 Å². The van der Waals surface area contributed by atoms with E-state index in [0.717, 1.165) is 12.0 Å². The van der Waals surface area contributed by atoms with Gasteiger partial charge >= 0.3 is 0 Å². The van der Waals surface area contributed by atoms with E-state index in [-0.39, 0.29) is 5.56 Å². The molecular weight excluding hydrogens is 180 g/mol. The lowest BCUT2D eigenvalue weighted by molar-refractivity contribution is 0.907. The van der Waals surface area contributed by atoms with Crippen molar-refractivity contribution in [1.29, 1.82) is 0 Å². The molecule has 0 saturated carbocycles. The van der Waals surface area contributed by atoms with Crippen molar-refractivity contribution in [1.82, 2.24) is 10.4 Å². The summed E-state index contributed by atoms with van der Waals surface area (Å²) in [6.07, 6.45) is 2.53. The molecule has 0 unspecified atom stereocenters. The molecule has 0 fully saturated rings. The van der Waals surface area contributed by atoms with Crippen LogP contribution in [0.4, 0.5) is 0 Å². The molecule has 0 saturated heterocycles. The lowest BCUT2D eigenvalue weighted by Gasteiger charge is -2.04. The molecular formula is C9H14N4O. The average molecular weight is 194 g/mol. The highest BCUT2D eigenvalue weighted by Gasteiger charge is 1.99. The molecule has 0 spiro atoms. The van der Waals surface area contributed by atoms with Gasteiger partial charge in [0.15, 0.2) is 0 Å². The summed E-state index contributed by atoms with van der Waals surface area (Å²) in [5, 5.41) is 0. The highest BCUT2D eigenvalue weighted by molar-refractivity contribution is 5.98. The summed E-state index contributed by atoms with van der Waals surface area (Å²) in [6, 6.07) is 3.11. The fourth-order valence-electron chi connectivity index (χ4n) is 1.00. The molecule has 76 valence electrons. The quantitative estimate of drug-likeness (QED) is 0.274. The number of aromatic nitrogens is 1. The van der Waals surface area contributed by atoms with Crippen molar-refractivity contribution in [3.05, 3.63) is 34.2 Å². The van der Waals surface area contributed by atoms with Gasteiger partial charge in [0.2, 0.25) is 5.56 Å². The van der Waals surface area contributed by atoms with Gasteiger partial charge in [-0.2, -0.15) is 0 Å². The topological polar surface area (TPSA) is 83.3 Å². The minimum atomic E-state index is -0.138. The first-order valence-electron chi connectivity index (χ1n) is 4.48. The molecule has 0 aliphatic heterocycles. The van der Waals surface area contributed by atoms with E-state index in [9.17, 15) is 4.79 Å². The third-order valence-electron chi connectivity index (χ3n) is 1.69. The molecule has 0 bridgehead atoms. The summed E-state index contributed by atoms with van der Waals surface area (Å²) in [4.78, 5) is 17.6. The Morgan fingerprint density at radius 2 is 2.43 bits per heavy atom. The second-order valence-electron chi connectivity index (χ2n) is 2.82. The predicted molar refractivity (Wildman–Crippen MR) is 56.1 cm³/mol. The van der Waals surface area contributed by atoms with Crippen LogP contribution in [-0.4, -0.2) is 17.4 Å². The Morgan fingerprint density at radius 3 is 2.93 bits per heavy atom. The monoisotopic (exact) mass is 194 g/mol. The van der Waals surface area contributed by atoms with Crippen LogP contribution in [0.5, 0.6) is 0 Å². The molecule has 0 aliphatic rings. The van der Waals surface area contributed by atoms with Gasteiger partial charge in [-0.25, -0.2) is 5.84 Å². The van der Waals surface area contributed by atoms with Crippen molar-refractivity contribution in [2.45, 2.75) is 13.3 Å². The summed E-state index contributed by atoms with van der Waals surface area (Å²) in [5.74, 6) is 5.90. The van der Waals surface area contributed by atoms with Gasteiger partial charge in [0, 0.05) is 24.4 Å². The molecule has 1 aromatic heterocycles. The first-order valence-corrected chi connectivity index (χ1v) is 4.48. The normalized spacial score (nSPS) is 11.4. The van der Waals surface area contributed by atoms with Crippen molar-refractivity contribution in [2.24, 2.45) is 10.8 Å². The number of pyridine rings is 1. The summed E-state index contributed by atoms with van der Waals surface area (Å²) >= 11 is 0. The number of hydrogen-bond donors (Lipinski definition) is 3. The lowest BCUT2D eigenvalue weighted by atomic mass is 10.2. The maximum Gasteiger partial charge on any atom is 0.247 e. The summed E-state index contributed by atoms with van der Waals surface area (Å²) in [5.41, 5.74) is 3.14. The third kappa shape index (κ3) is 2.70. The van der Waals surface area contributed by atoms with Gasteiger partial charge < -0.3 is 10.4 Å². The number of aliphatic imine (C=N–C) groups is 1. The molecule has 14 heavy (non-hydrogen) atoms. The molecule has 0 radical (unpaired) electrons. The van der Waals surface area contributed by atoms with Crippen molar-refractivity contribution >= 4 is 5.84 Å². The second kappa shape index (κ2) is 5.18. The predicted octanol–water partition coefficient (Wildman–Crippen LogP) is -0.00520. The zero-order valence-electron chi connectivity index (χ0n) is 8.08. The van der Waals surface area contributed by atoms with Crippen LogP contribution in [0.15, 0.2) is 28.1 Å². The molecule has 1 rings (SSSR count). The molecule has 4 N–H and O–H groups in total. The minimum Gasteiger partial charge on any atom is -0.328 e. The van der Waals surface area contributed by atoms with Crippen LogP contribution in [-0.2, 0) is 0 Å². The van der Waals surface area contributed by atoms with Gasteiger partial charge in [-0.05, 0) is 12.5 Å². The maximum atomic E-state index is 10.8. The van der Waals surface area contributed by atoms with E-state index in [1.165, 1.54) is 6.07 Å². The van der Waals surface area contributed by atoms with Gasteiger partial charge in [0.1, 0.15) is 5.84 Å². The Hall–Kier alpha value is -1.62. The number of nitrogens with zero attached hydrogens (tertiary/aromatic N) is 1. The summed E-state index contributed by atoms with van der Waals surface area (Å²) in [7, 11) is 0. The van der Waals surface area contributed by atoms with Crippen LogP contribution in [0.25, 0.3) is 0 Å². The van der Waals surface area contributed by atoms with Crippen LogP contribution in [0.3, 0.4) is 0 Å². The molecule has 1 aromatic rings. The smallest absolute Gasteiger partial charge is 0.247 e. The van der Waals surface area contributed by atoms with E-state index in [1.807, 2.05) is 6.92 Å². The fourth-order valence-corrected chi connectivity index (χ4v) is 1.00. The van der Waals surface area contributed by atoms with Crippen molar-refractivity contribution in [3.63, 3.8) is 0 Å². The average Bonchev–Trinajstić information content (AvgIpc) is 2.21. The Labute approximate surface area is 82.0 Å². The number of nitrogens with two attached hydrogens (primary N) is 1. The zero-order chi connectivity index (χ0) is 10.4. The van der Waals surface area contributed by atoms with Gasteiger partial charge in [0.05, 0.1) is 0 Å². The van der Waals surface area contributed by atoms with E-state index < -0.39 is 0 Å².